The number of nitrogens with one attached hydrogen (secondary N) is 1. The molecule has 0 aliphatic carbocycles. The molecule has 1 saturated heterocycles. The fraction of sp³-hybridized carbons (Fsp3) is 0.500. The molecule has 1 aliphatic rings. The van der Waals surface area contributed by atoms with Gasteiger partial charge >= 0.3 is 5.97 Å². The van der Waals surface area contributed by atoms with Gasteiger partial charge in [0.15, 0.2) is 0 Å². The van der Waals surface area contributed by atoms with Crippen LogP contribution in [0, 0.1) is 18.8 Å². The SMILES string of the molecule is COc1ccc(C)cc1N1CC(C(=O)N[C@@H](C(=O)O)C(C)C)CC1=O. The predicted molar refractivity (Wildman–Crippen MR) is 92.6 cm³/mol. The first-order valence-electron chi connectivity index (χ1n) is 8.22. The van der Waals surface area contributed by atoms with Crippen molar-refractivity contribution >= 4 is 23.5 Å². The molecule has 7 nitrogen and oxygen atoms in total. The van der Waals surface area contributed by atoms with Crippen LogP contribution in [-0.4, -0.2) is 42.6 Å². The molecule has 1 heterocycles. The van der Waals surface area contributed by atoms with Crippen LogP contribution in [0.4, 0.5) is 5.69 Å². The van der Waals surface area contributed by atoms with Gasteiger partial charge in [-0.05, 0) is 30.5 Å². The minimum absolute atomic E-state index is 0.0490. The monoisotopic (exact) mass is 348 g/mol. The van der Waals surface area contributed by atoms with E-state index < -0.39 is 23.8 Å². The van der Waals surface area contributed by atoms with Crippen LogP contribution >= 0.6 is 0 Å². The Kier molecular flexibility index (Phi) is 5.66. The summed E-state index contributed by atoms with van der Waals surface area (Å²) in [6.45, 7) is 5.56. The number of amides is 2. The molecule has 1 fully saturated rings. The molecule has 0 aromatic heterocycles. The van der Waals surface area contributed by atoms with Gasteiger partial charge in [-0.25, -0.2) is 4.79 Å². The largest absolute Gasteiger partial charge is 0.495 e. The Bertz CT molecular complexity index is 686. The Balaban J connectivity index is 2.16. The second kappa shape index (κ2) is 7.55. The Hall–Kier alpha value is -2.57. The van der Waals surface area contributed by atoms with E-state index in [-0.39, 0.29) is 24.8 Å². The minimum atomic E-state index is -1.08. The van der Waals surface area contributed by atoms with Crippen LogP contribution in [0.3, 0.4) is 0 Å². The van der Waals surface area contributed by atoms with E-state index in [1.807, 2.05) is 19.1 Å². The number of aliphatic carboxylic acids is 1. The zero-order chi connectivity index (χ0) is 18.7. The molecule has 2 rings (SSSR count). The molecule has 2 atom stereocenters. The standard InChI is InChI=1S/C18H24N2O5/c1-10(2)16(18(23)24)19-17(22)12-8-15(21)20(9-12)13-7-11(3)5-6-14(13)25-4/h5-7,10,12,16H,8-9H2,1-4H3,(H,19,22)(H,23,24)/t12?,16-/m1/s1. The van der Waals surface area contributed by atoms with E-state index >= 15 is 0 Å². The highest BCUT2D eigenvalue weighted by Gasteiger charge is 2.38. The number of nitrogens with zero attached hydrogens (tertiary/aromatic N) is 1. The van der Waals surface area contributed by atoms with E-state index in [1.54, 1.807) is 19.9 Å². The van der Waals surface area contributed by atoms with Crippen molar-refractivity contribution < 1.29 is 24.2 Å². The summed E-state index contributed by atoms with van der Waals surface area (Å²) in [6, 6.07) is 4.54. The van der Waals surface area contributed by atoms with Crippen LogP contribution in [0.5, 0.6) is 5.75 Å². The predicted octanol–water partition coefficient (Wildman–Crippen LogP) is 1.58. The molecule has 25 heavy (non-hydrogen) atoms. The first-order valence-corrected chi connectivity index (χ1v) is 8.22. The zero-order valence-electron chi connectivity index (χ0n) is 14.9. The average molecular weight is 348 g/mol. The van der Waals surface area contributed by atoms with E-state index in [9.17, 15) is 19.5 Å². The van der Waals surface area contributed by atoms with Gasteiger partial charge in [-0.3, -0.25) is 9.59 Å². The van der Waals surface area contributed by atoms with Gasteiger partial charge in [0.05, 0.1) is 18.7 Å². The number of hydrogen-bond acceptors (Lipinski definition) is 4. The van der Waals surface area contributed by atoms with Crippen molar-refractivity contribution in [1.29, 1.82) is 0 Å². The molecule has 7 heteroatoms. The van der Waals surface area contributed by atoms with Gasteiger partial charge in [-0.15, -0.1) is 0 Å². The lowest BCUT2D eigenvalue weighted by atomic mass is 10.0. The van der Waals surface area contributed by atoms with E-state index in [0.29, 0.717) is 11.4 Å². The maximum atomic E-state index is 12.4. The number of carbonyl (C=O) groups excluding carboxylic acids is 2. The lowest BCUT2D eigenvalue weighted by Crippen LogP contribution is -2.47. The number of ether oxygens (including phenoxy) is 1. The van der Waals surface area contributed by atoms with Gasteiger partial charge in [0.1, 0.15) is 11.8 Å². The van der Waals surface area contributed by atoms with Crippen LogP contribution in [0.1, 0.15) is 25.8 Å². The van der Waals surface area contributed by atoms with Crippen LogP contribution in [0.25, 0.3) is 0 Å². The van der Waals surface area contributed by atoms with Gasteiger partial charge in [0.2, 0.25) is 11.8 Å². The summed E-state index contributed by atoms with van der Waals surface area (Å²) in [4.78, 5) is 37.6. The molecule has 2 amide bonds. The summed E-state index contributed by atoms with van der Waals surface area (Å²) in [6.07, 6.45) is 0.0490. The van der Waals surface area contributed by atoms with E-state index in [1.165, 1.54) is 12.0 Å². The number of aryl methyl sites for hydroxylation is 1. The number of methoxy groups -OCH3 is 1. The average Bonchev–Trinajstić information content (AvgIpc) is 2.93. The first-order chi connectivity index (χ1) is 11.7. The lowest BCUT2D eigenvalue weighted by molar-refractivity contribution is -0.143. The van der Waals surface area contributed by atoms with Crippen molar-refractivity contribution in [3.63, 3.8) is 0 Å². The third kappa shape index (κ3) is 4.10. The fourth-order valence-corrected chi connectivity index (χ4v) is 2.91. The molecule has 0 spiro atoms. The number of benzene rings is 1. The highest BCUT2D eigenvalue weighted by molar-refractivity contribution is 6.01. The summed E-state index contributed by atoms with van der Waals surface area (Å²) < 4.78 is 5.31. The van der Waals surface area contributed by atoms with Gasteiger partial charge in [0, 0.05) is 13.0 Å². The van der Waals surface area contributed by atoms with Crippen molar-refractivity contribution in [2.75, 3.05) is 18.6 Å². The minimum Gasteiger partial charge on any atom is -0.495 e. The van der Waals surface area contributed by atoms with Gasteiger partial charge in [-0.1, -0.05) is 19.9 Å². The molecule has 2 N–H and O–H groups in total. The van der Waals surface area contributed by atoms with E-state index in [0.717, 1.165) is 5.56 Å². The highest BCUT2D eigenvalue weighted by Crippen LogP contribution is 2.34. The summed E-state index contributed by atoms with van der Waals surface area (Å²) >= 11 is 0. The lowest BCUT2D eigenvalue weighted by Gasteiger charge is -2.22. The van der Waals surface area contributed by atoms with E-state index in [4.69, 9.17) is 4.74 Å². The maximum Gasteiger partial charge on any atom is 0.326 e. The van der Waals surface area contributed by atoms with Crippen LogP contribution < -0.4 is 15.0 Å². The Morgan fingerprint density at radius 3 is 2.60 bits per heavy atom. The number of hydrogen-bond donors (Lipinski definition) is 2. The Morgan fingerprint density at radius 1 is 1.36 bits per heavy atom. The van der Waals surface area contributed by atoms with E-state index in [2.05, 4.69) is 5.32 Å². The third-order valence-corrected chi connectivity index (χ3v) is 4.35. The number of carbonyl (C=O) groups is 3. The first kappa shape index (κ1) is 18.8. The molecule has 0 saturated carbocycles. The normalized spacial score (nSPS) is 18.4. The molecular weight excluding hydrogens is 324 g/mol. The molecule has 1 unspecified atom stereocenters. The topological polar surface area (TPSA) is 95.9 Å². The zero-order valence-corrected chi connectivity index (χ0v) is 14.9. The number of carboxylic acid groups (broad SMARTS) is 1. The number of carboxylic acids is 1. The molecule has 1 aromatic rings. The summed E-state index contributed by atoms with van der Waals surface area (Å²) in [5.41, 5.74) is 1.60. The highest BCUT2D eigenvalue weighted by atomic mass is 16.5. The molecule has 1 aromatic carbocycles. The second-order valence-electron chi connectivity index (χ2n) is 6.65. The summed E-state index contributed by atoms with van der Waals surface area (Å²) in [7, 11) is 1.53. The second-order valence-corrected chi connectivity index (χ2v) is 6.65. The van der Waals surface area contributed by atoms with Crippen LogP contribution in [0.15, 0.2) is 18.2 Å². The third-order valence-electron chi connectivity index (χ3n) is 4.35. The molecular formula is C18H24N2O5. The van der Waals surface area contributed by atoms with Gasteiger partial charge in [-0.2, -0.15) is 0 Å². The molecule has 1 aliphatic heterocycles. The maximum absolute atomic E-state index is 12.4. The molecule has 136 valence electrons. The van der Waals surface area contributed by atoms with Crippen molar-refractivity contribution in [2.45, 2.75) is 33.2 Å². The smallest absolute Gasteiger partial charge is 0.326 e. The molecule has 0 radical (unpaired) electrons. The number of rotatable bonds is 6. The Labute approximate surface area is 147 Å². The van der Waals surface area contributed by atoms with Gasteiger partial charge < -0.3 is 20.1 Å². The van der Waals surface area contributed by atoms with Crippen molar-refractivity contribution in [3.8, 4) is 5.75 Å². The quantitative estimate of drug-likeness (QED) is 0.814. The van der Waals surface area contributed by atoms with Crippen molar-refractivity contribution in [2.24, 2.45) is 11.8 Å². The van der Waals surface area contributed by atoms with Crippen molar-refractivity contribution in [3.05, 3.63) is 23.8 Å². The van der Waals surface area contributed by atoms with Crippen LogP contribution in [-0.2, 0) is 14.4 Å². The number of anilines is 1. The molecule has 0 bridgehead atoms. The Morgan fingerprint density at radius 2 is 2.04 bits per heavy atom. The summed E-state index contributed by atoms with van der Waals surface area (Å²) in [5, 5.41) is 11.7. The van der Waals surface area contributed by atoms with Crippen LogP contribution in [0.2, 0.25) is 0 Å². The van der Waals surface area contributed by atoms with Gasteiger partial charge in [0.25, 0.3) is 0 Å². The fourth-order valence-electron chi connectivity index (χ4n) is 2.91. The van der Waals surface area contributed by atoms with Crippen molar-refractivity contribution in [1.82, 2.24) is 5.32 Å². The summed E-state index contributed by atoms with van der Waals surface area (Å²) in [5.74, 6) is -1.94.